The third-order valence-corrected chi connectivity index (χ3v) is 3.56. The van der Waals surface area contributed by atoms with Crippen LogP contribution in [0.2, 0.25) is 0 Å². The Hall–Kier alpha value is -1.68. The van der Waals surface area contributed by atoms with Gasteiger partial charge < -0.3 is 4.74 Å². The van der Waals surface area contributed by atoms with E-state index >= 15 is 0 Å². The summed E-state index contributed by atoms with van der Waals surface area (Å²) >= 11 is 6.32. The highest BCUT2D eigenvalue weighted by Crippen LogP contribution is 2.31. The van der Waals surface area contributed by atoms with Crippen molar-refractivity contribution < 1.29 is 17.9 Å². The van der Waals surface area contributed by atoms with Crippen LogP contribution in [-0.2, 0) is 12.6 Å². The molecule has 0 aliphatic carbocycles. The lowest BCUT2D eigenvalue weighted by molar-refractivity contribution is -0.137. The fourth-order valence-electron chi connectivity index (χ4n) is 1.99. The highest BCUT2D eigenvalue weighted by atomic mass is 35.5. The number of halogens is 4. The Morgan fingerprint density at radius 1 is 1.10 bits per heavy atom. The van der Waals surface area contributed by atoms with Gasteiger partial charge in [0.2, 0.25) is 0 Å². The molecule has 2 aromatic carbocycles. The van der Waals surface area contributed by atoms with Gasteiger partial charge >= 0.3 is 6.18 Å². The van der Waals surface area contributed by atoms with E-state index in [-0.39, 0.29) is 5.38 Å². The molecule has 0 N–H and O–H groups in total. The summed E-state index contributed by atoms with van der Waals surface area (Å²) in [6, 6.07) is 12.4. The van der Waals surface area contributed by atoms with E-state index in [9.17, 15) is 13.2 Å². The van der Waals surface area contributed by atoms with E-state index in [1.807, 2.05) is 24.3 Å². The monoisotopic (exact) mass is 314 g/mol. The van der Waals surface area contributed by atoms with Gasteiger partial charge in [-0.05, 0) is 41.8 Å². The molecule has 1 atom stereocenters. The normalized spacial score (nSPS) is 13.0. The number of methoxy groups -OCH3 is 1. The van der Waals surface area contributed by atoms with Gasteiger partial charge in [-0.3, -0.25) is 0 Å². The topological polar surface area (TPSA) is 9.23 Å². The molecule has 0 fully saturated rings. The van der Waals surface area contributed by atoms with Crippen molar-refractivity contribution in [1.82, 2.24) is 0 Å². The Labute approximate surface area is 126 Å². The van der Waals surface area contributed by atoms with E-state index in [1.54, 1.807) is 7.11 Å². The van der Waals surface area contributed by atoms with Crippen LogP contribution in [0.1, 0.15) is 22.1 Å². The Morgan fingerprint density at radius 2 is 1.76 bits per heavy atom. The molecule has 0 aromatic heterocycles. The molecule has 0 saturated heterocycles. The first-order chi connectivity index (χ1) is 9.90. The van der Waals surface area contributed by atoms with Gasteiger partial charge in [0.15, 0.2) is 0 Å². The predicted molar refractivity (Wildman–Crippen MR) is 76.7 cm³/mol. The number of hydrogen-bond donors (Lipinski definition) is 0. The Balaban J connectivity index is 2.10. The van der Waals surface area contributed by atoms with Gasteiger partial charge in [0.25, 0.3) is 0 Å². The first-order valence-corrected chi connectivity index (χ1v) is 6.78. The number of hydrogen-bond acceptors (Lipinski definition) is 1. The van der Waals surface area contributed by atoms with Crippen molar-refractivity contribution in [3.05, 3.63) is 65.2 Å². The Kier molecular flexibility index (Phi) is 4.78. The highest BCUT2D eigenvalue weighted by molar-refractivity contribution is 6.20. The van der Waals surface area contributed by atoms with Crippen LogP contribution in [0.5, 0.6) is 5.75 Å². The van der Waals surface area contributed by atoms with Crippen molar-refractivity contribution in [3.8, 4) is 5.75 Å². The molecule has 0 aliphatic heterocycles. The lowest BCUT2D eigenvalue weighted by Gasteiger charge is -2.12. The minimum atomic E-state index is -4.31. The van der Waals surface area contributed by atoms with E-state index in [0.717, 1.165) is 23.3 Å². The van der Waals surface area contributed by atoms with Crippen LogP contribution >= 0.6 is 11.6 Å². The maximum absolute atomic E-state index is 12.5. The minimum absolute atomic E-state index is 0.322. The molecule has 0 aliphatic rings. The summed E-state index contributed by atoms with van der Waals surface area (Å²) < 4.78 is 42.6. The number of alkyl halides is 4. The van der Waals surface area contributed by atoms with Crippen LogP contribution in [-0.4, -0.2) is 7.11 Å². The highest BCUT2D eigenvalue weighted by Gasteiger charge is 2.29. The summed E-state index contributed by atoms with van der Waals surface area (Å²) in [5.41, 5.74) is 0.973. The summed E-state index contributed by atoms with van der Waals surface area (Å²) in [7, 11) is 1.57. The molecule has 0 saturated carbocycles. The second kappa shape index (κ2) is 6.39. The smallest absolute Gasteiger partial charge is 0.416 e. The largest absolute Gasteiger partial charge is 0.497 e. The molecule has 21 heavy (non-hydrogen) atoms. The minimum Gasteiger partial charge on any atom is -0.497 e. The van der Waals surface area contributed by atoms with Crippen molar-refractivity contribution in [1.29, 1.82) is 0 Å². The third kappa shape index (κ3) is 4.14. The SMILES string of the molecule is COc1cccc(C(Cl)Cc2ccc(C(F)(F)F)cc2)c1. The summed E-state index contributed by atoms with van der Waals surface area (Å²) in [5.74, 6) is 0.700. The summed E-state index contributed by atoms with van der Waals surface area (Å²) in [4.78, 5) is 0. The first kappa shape index (κ1) is 15.7. The second-order valence-electron chi connectivity index (χ2n) is 4.64. The van der Waals surface area contributed by atoms with Crippen LogP contribution in [0.15, 0.2) is 48.5 Å². The van der Waals surface area contributed by atoms with Crippen LogP contribution in [0, 0.1) is 0 Å². The van der Waals surface area contributed by atoms with Crippen molar-refractivity contribution in [2.24, 2.45) is 0 Å². The molecule has 0 amide bonds. The quantitative estimate of drug-likeness (QED) is 0.702. The fourth-order valence-corrected chi connectivity index (χ4v) is 2.30. The molecule has 0 spiro atoms. The third-order valence-electron chi connectivity index (χ3n) is 3.15. The van der Waals surface area contributed by atoms with Gasteiger partial charge in [-0.25, -0.2) is 0 Å². The van der Waals surface area contributed by atoms with E-state index in [4.69, 9.17) is 16.3 Å². The lowest BCUT2D eigenvalue weighted by atomic mass is 10.0. The zero-order chi connectivity index (χ0) is 15.5. The van der Waals surface area contributed by atoms with Crippen molar-refractivity contribution in [3.63, 3.8) is 0 Å². The van der Waals surface area contributed by atoms with Gasteiger partial charge in [0.1, 0.15) is 5.75 Å². The van der Waals surface area contributed by atoms with Gasteiger partial charge in [-0.15, -0.1) is 11.6 Å². The molecule has 5 heteroatoms. The fraction of sp³-hybridized carbons (Fsp3) is 0.250. The molecule has 2 aromatic rings. The van der Waals surface area contributed by atoms with Gasteiger partial charge in [0, 0.05) is 0 Å². The van der Waals surface area contributed by atoms with E-state index in [1.165, 1.54) is 12.1 Å². The van der Waals surface area contributed by atoms with Crippen LogP contribution in [0.3, 0.4) is 0 Å². The van der Waals surface area contributed by atoms with Gasteiger partial charge in [0.05, 0.1) is 18.1 Å². The molecule has 112 valence electrons. The average Bonchev–Trinajstić information content (AvgIpc) is 2.47. The maximum Gasteiger partial charge on any atom is 0.416 e. The molecule has 2 rings (SSSR count). The zero-order valence-corrected chi connectivity index (χ0v) is 12.1. The van der Waals surface area contributed by atoms with Crippen molar-refractivity contribution in [2.75, 3.05) is 7.11 Å². The molecule has 0 heterocycles. The molecular formula is C16H14ClF3O. The molecular weight excluding hydrogens is 301 g/mol. The molecule has 0 radical (unpaired) electrons. The number of benzene rings is 2. The maximum atomic E-state index is 12.5. The summed E-state index contributed by atoms with van der Waals surface area (Å²) in [5, 5.41) is -0.322. The van der Waals surface area contributed by atoms with E-state index in [2.05, 4.69) is 0 Å². The summed E-state index contributed by atoms with van der Waals surface area (Å²) in [6.07, 6.45) is -3.86. The van der Waals surface area contributed by atoms with E-state index in [0.29, 0.717) is 12.2 Å². The van der Waals surface area contributed by atoms with Crippen LogP contribution in [0.4, 0.5) is 13.2 Å². The standard InChI is InChI=1S/C16H14ClF3O/c1-21-14-4-2-3-12(10-14)15(17)9-11-5-7-13(8-6-11)16(18,19)20/h2-8,10,15H,9H2,1H3. The lowest BCUT2D eigenvalue weighted by Crippen LogP contribution is -2.05. The second-order valence-corrected chi connectivity index (χ2v) is 5.17. The van der Waals surface area contributed by atoms with Crippen LogP contribution in [0.25, 0.3) is 0 Å². The Morgan fingerprint density at radius 3 is 2.33 bits per heavy atom. The van der Waals surface area contributed by atoms with E-state index < -0.39 is 11.7 Å². The Bertz CT molecular complexity index is 593. The van der Waals surface area contributed by atoms with Gasteiger partial charge in [-0.2, -0.15) is 13.2 Å². The van der Waals surface area contributed by atoms with Gasteiger partial charge in [-0.1, -0.05) is 24.3 Å². The average molecular weight is 315 g/mol. The first-order valence-electron chi connectivity index (χ1n) is 6.34. The predicted octanol–water partition coefficient (Wildman–Crippen LogP) is 5.24. The molecule has 1 nitrogen and oxygen atoms in total. The molecule has 0 bridgehead atoms. The number of rotatable bonds is 4. The summed E-state index contributed by atoms with van der Waals surface area (Å²) in [6.45, 7) is 0. The zero-order valence-electron chi connectivity index (χ0n) is 11.3. The number of ether oxygens (including phenoxy) is 1. The molecule has 1 unspecified atom stereocenters. The van der Waals surface area contributed by atoms with Crippen LogP contribution < -0.4 is 4.74 Å². The van der Waals surface area contributed by atoms with Crippen molar-refractivity contribution >= 4 is 11.6 Å². The van der Waals surface area contributed by atoms with Crippen molar-refractivity contribution in [2.45, 2.75) is 18.0 Å².